The molecule has 2 N–H and O–H groups in total. The summed E-state index contributed by atoms with van der Waals surface area (Å²) in [6, 6.07) is 2.84. The molecular formula is C10H10F2O3. The Kier molecular flexibility index (Phi) is 3.74. The van der Waals surface area contributed by atoms with Gasteiger partial charge >= 0.3 is 5.97 Å². The lowest BCUT2D eigenvalue weighted by Gasteiger charge is -2.12. The van der Waals surface area contributed by atoms with E-state index < -0.39 is 30.1 Å². The summed E-state index contributed by atoms with van der Waals surface area (Å²) >= 11 is 0. The molecule has 0 radical (unpaired) electrons. The van der Waals surface area contributed by atoms with Crippen LogP contribution in [-0.2, 0) is 4.79 Å². The molecule has 0 aliphatic heterocycles. The Labute approximate surface area is 85.0 Å². The molecule has 0 amide bonds. The summed E-state index contributed by atoms with van der Waals surface area (Å²) in [6.45, 7) is -0.491. The molecule has 0 saturated carbocycles. The smallest absolute Gasteiger partial charge is 0.304 e. The zero-order valence-electron chi connectivity index (χ0n) is 7.78. The van der Waals surface area contributed by atoms with Gasteiger partial charge in [-0.05, 0) is 11.6 Å². The van der Waals surface area contributed by atoms with Crippen LogP contribution in [0.2, 0.25) is 0 Å². The summed E-state index contributed by atoms with van der Waals surface area (Å²) in [5.74, 6) is -3.56. The van der Waals surface area contributed by atoms with Crippen LogP contribution in [-0.4, -0.2) is 22.8 Å². The lowest BCUT2D eigenvalue weighted by Crippen LogP contribution is -2.11. The first-order valence-electron chi connectivity index (χ1n) is 4.32. The van der Waals surface area contributed by atoms with Crippen LogP contribution in [0.25, 0.3) is 0 Å². The molecule has 0 heterocycles. The summed E-state index contributed by atoms with van der Waals surface area (Å²) < 4.78 is 25.8. The molecule has 5 heteroatoms. The highest BCUT2D eigenvalue weighted by Gasteiger charge is 2.18. The molecule has 0 aromatic heterocycles. The Balaban J connectivity index is 2.96. The van der Waals surface area contributed by atoms with Gasteiger partial charge in [-0.15, -0.1) is 0 Å². The van der Waals surface area contributed by atoms with Crippen LogP contribution in [0.4, 0.5) is 8.78 Å². The van der Waals surface area contributed by atoms with Gasteiger partial charge in [-0.2, -0.15) is 0 Å². The maximum Gasteiger partial charge on any atom is 0.304 e. The number of hydrogen-bond acceptors (Lipinski definition) is 2. The molecule has 1 rings (SSSR count). The summed E-state index contributed by atoms with van der Waals surface area (Å²) in [6.07, 6.45) is -0.390. The molecule has 0 aliphatic carbocycles. The van der Waals surface area contributed by atoms with Crippen molar-refractivity contribution in [3.8, 4) is 0 Å². The Morgan fingerprint density at radius 1 is 1.40 bits per heavy atom. The second-order valence-electron chi connectivity index (χ2n) is 3.14. The summed E-state index contributed by atoms with van der Waals surface area (Å²) in [7, 11) is 0. The molecular weight excluding hydrogens is 206 g/mol. The first-order chi connectivity index (χ1) is 7.04. The number of hydrogen-bond donors (Lipinski definition) is 2. The van der Waals surface area contributed by atoms with E-state index in [0.29, 0.717) is 6.07 Å². The van der Waals surface area contributed by atoms with Gasteiger partial charge in [0, 0.05) is 12.0 Å². The van der Waals surface area contributed by atoms with E-state index in [1.807, 2.05) is 0 Å². The second kappa shape index (κ2) is 4.84. The van der Waals surface area contributed by atoms with Gasteiger partial charge in [0.05, 0.1) is 13.0 Å². The number of benzene rings is 1. The zero-order valence-corrected chi connectivity index (χ0v) is 7.78. The van der Waals surface area contributed by atoms with Gasteiger partial charge in [-0.1, -0.05) is 6.07 Å². The SMILES string of the molecule is O=C(O)CC(CO)c1ccc(F)cc1F. The summed E-state index contributed by atoms with van der Waals surface area (Å²) in [5.41, 5.74) is 0.0151. The average Bonchev–Trinajstić information content (AvgIpc) is 2.14. The molecule has 0 spiro atoms. The minimum atomic E-state index is -1.14. The Hall–Kier alpha value is -1.49. The van der Waals surface area contributed by atoms with Crippen molar-refractivity contribution in [1.29, 1.82) is 0 Å². The van der Waals surface area contributed by atoms with E-state index in [1.54, 1.807) is 0 Å². The van der Waals surface area contributed by atoms with Crippen LogP contribution in [0.1, 0.15) is 17.9 Å². The van der Waals surface area contributed by atoms with Crippen molar-refractivity contribution in [2.75, 3.05) is 6.61 Å². The van der Waals surface area contributed by atoms with E-state index in [1.165, 1.54) is 0 Å². The third kappa shape index (κ3) is 2.99. The third-order valence-corrected chi connectivity index (χ3v) is 2.04. The van der Waals surface area contributed by atoms with Crippen molar-refractivity contribution in [3.05, 3.63) is 35.4 Å². The molecule has 0 saturated heterocycles. The van der Waals surface area contributed by atoms with Gasteiger partial charge < -0.3 is 10.2 Å². The predicted octanol–water partition coefficient (Wildman–Crippen LogP) is 1.52. The number of carboxylic acids is 1. The molecule has 1 aromatic rings. The summed E-state index contributed by atoms with van der Waals surface area (Å²) in [5, 5.41) is 17.4. The molecule has 3 nitrogen and oxygen atoms in total. The Morgan fingerprint density at radius 2 is 2.07 bits per heavy atom. The largest absolute Gasteiger partial charge is 0.481 e. The fourth-order valence-electron chi connectivity index (χ4n) is 1.32. The van der Waals surface area contributed by atoms with Crippen LogP contribution in [0, 0.1) is 11.6 Å². The van der Waals surface area contributed by atoms with Gasteiger partial charge in [-0.25, -0.2) is 8.78 Å². The number of aliphatic hydroxyl groups is 1. The number of carbonyl (C=O) groups is 1. The second-order valence-corrected chi connectivity index (χ2v) is 3.14. The van der Waals surface area contributed by atoms with Crippen LogP contribution < -0.4 is 0 Å². The summed E-state index contributed by atoms with van der Waals surface area (Å²) in [4.78, 5) is 10.4. The first kappa shape index (κ1) is 11.6. The van der Waals surface area contributed by atoms with E-state index >= 15 is 0 Å². The third-order valence-electron chi connectivity index (χ3n) is 2.04. The van der Waals surface area contributed by atoms with E-state index in [0.717, 1.165) is 12.1 Å². The predicted molar refractivity (Wildman–Crippen MR) is 48.4 cm³/mol. The van der Waals surface area contributed by atoms with Crippen molar-refractivity contribution < 1.29 is 23.8 Å². The first-order valence-corrected chi connectivity index (χ1v) is 4.32. The molecule has 1 atom stereocenters. The van der Waals surface area contributed by atoms with E-state index in [9.17, 15) is 13.6 Å². The van der Waals surface area contributed by atoms with E-state index in [4.69, 9.17) is 10.2 Å². The maximum atomic E-state index is 13.2. The minimum Gasteiger partial charge on any atom is -0.481 e. The van der Waals surface area contributed by atoms with Crippen LogP contribution in [0.15, 0.2) is 18.2 Å². The van der Waals surface area contributed by atoms with Gasteiger partial charge in [0.2, 0.25) is 0 Å². The van der Waals surface area contributed by atoms with Gasteiger partial charge in [0.15, 0.2) is 0 Å². The number of carboxylic acid groups (broad SMARTS) is 1. The van der Waals surface area contributed by atoms with Crippen molar-refractivity contribution in [2.24, 2.45) is 0 Å². The lowest BCUT2D eigenvalue weighted by molar-refractivity contribution is -0.137. The van der Waals surface area contributed by atoms with Crippen molar-refractivity contribution in [2.45, 2.75) is 12.3 Å². The van der Waals surface area contributed by atoms with Crippen LogP contribution >= 0.6 is 0 Å². The number of aliphatic carboxylic acids is 1. The van der Waals surface area contributed by atoms with Gasteiger partial charge in [-0.3, -0.25) is 4.79 Å². The molecule has 0 aliphatic rings. The normalized spacial score (nSPS) is 12.5. The fraction of sp³-hybridized carbons (Fsp3) is 0.300. The molecule has 1 aromatic carbocycles. The quantitative estimate of drug-likeness (QED) is 0.802. The Morgan fingerprint density at radius 3 is 2.53 bits per heavy atom. The van der Waals surface area contributed by atoms with Crippen molar-refractivity contribution >= 4 is 5.97 Å². The molecule has 82 valence electrons. The van der Waals surface area contributed by atoms with Gasteiger partial charge in [0.1, 0.15) is 11.6 Å². The van der Waals surface area contributed by atoms with Crippen molar-refractivity contribution in [3.63, 3.8) is 0 Å². The number of aliphatic hydroxyl groups excluding tert-OH is 1. The zero-order chi connectivity index (χ0) is 11.4. The highest BCUT2D eigenvalue weighted by molar-refractivity contribution is 5.68. The van der Waals surface area contributed by atoms with E-state index in [2.05, 4.69) is 0 Å². The number of halogens is 2. The highest BCUT2D eigenvalue weighted by Crippen LogP contribution is 2.22. The molecule has 0 fully saturated rings. The molecule has 15 heavy (non-hydrogen) atoms. The monoisotopic (exact) mass is 216 g/mol. The van der Waals surface area contributed by atoms with Crippen LogP contribution in [0.5, 0.6) is 0 Å². The van der Waals surface area contributed by atoms with Crippen molar-refractivity contribution in [1.82, 2.24) is 0 Å². The maximum absolute atomic E-state index is 13.2. The lowest BCUT2D eigenvalue weighted by atomic mass is 9.96. The molecule has 0 bridgehead atoms. The number of rotatable bonds is 4. The van der Waals surface area contributed by atoms with Gasteiger partial charge in [0.25, 0.3) is 0 Å². The van der Waals surface area contributed by atoms with E-state index in [-0.39, 0.29) is 12.0 Å². The highest BCUT2D eigenvalue weighted by atomic mass is 19.1. The average molecular weight is 216 g/mol. The minimum absolute atomic E-state index is 0.0151. The standard InChI is InChI=1S/C10H10F2O3/c11-7-1-2-8(9(12)4-7)6(5-13)3-10(14)15/h1-2,4,6,13H,3,5H2,(H,14,15). The molecule has 1 unspecified atom stereocenters. The van der Waals surface area contributed by atoms with Crippen LogP contribution in [0.3, 0.4) is 0 Å². The fourth-order valence-corrected chi connectivity index (χ4v) is 1.32. The Bertz CT molecular complexity index is 366. The topological polar surface area (TPSA) is 57.5 Å².